The molecule has 0 heterocycles. The summed E-state index contributed by atoms with van der Waals surface area (Å²) < 4.78 is 0. The monoisotopic (exact) mass is 218 g/mol. The van der Waals surface area contributed by atoms with Crippen molar-refractivity contribution in [1.82, 2.24) is 0 Å². The molecule has 0 aromatic heterocycles. The summed E-state index contributed by atoms with van der Waals surface area (Å²) in [5.74, 6) is 0. The van der Waals surface area contributed by atoms with Crippen LogP contribution in [0.5, 0.6) is 0 Å². The summed E-state index contributed by atoms with van der Waals surface area (Å²) in [5, 5.41) is 0. The average molecular weight is 218 g/mol. The number of hydrogen-bond donors (Lipinski definition) is 0. The molecule has 0 atom stereocenters. The number of allylic oxidation sites excluding steroid dienone is 6. The van der Waals surface area contributed by atoms with Gasteiger partial charge in [-0.3, -0.25) is 0 Å². The third-order valence-electron chi connectivity index (χ3n) is 2.56. The lowest BCUT2D eigenvalue weighted by Crippen LogP contribution is -2.12. The van der Waals surface area contributed by atoms with Gasteiger partial charge >= 0.3 is 0 Å². The van der Waals surface area contributed by atoms with E-state index in [1.54, 1.807) is 0 Å². The van der Waals surface area contributed by atoms with E-state index in [2.05, 4.69) is 66.9 Å². The Balaban J connectivity index is 5.45. The van der Waals surface area contributed by atoms with Crippen LogP contribution in [0.25, 0.3) is 0 Å². The molecule has 0 spiro atoms. The second-order valence-corrected chi connectivity index (χ2v) is 6.16. The second-order valence-electron chi connectivity index (χ2n) is 6.16. The topological polar surface area (TPSA) is 0 Å². The highest BCUT2D eigenvalue weighted by atomic mass is 14.2. The van der Waals surface area contributed by atoms with Crippen LogP contribution in [0.4, 0.5) is 0 Å². The van der Waals surface area contributed by atoms with Gasteiger partial charge in [-0.05, 0) is 22.0 Å². The minimum absolute atomic E-state index is 0.132. The summed E-state index contributed by atoms with van der Waals surface area (Å²) in [7, 11) is 0. The average Bonchev–Trinajstić information content (AvgIpc) is 2.07. The van der Waals surface area contributed by atoms with Gasteiger partial charge in [0.25, 0.3) is 0 Å². The van der Waals surface area contributed by atoms with Gasteiger partial charge in [-0.15, -0.1) is 0 Å². The zero-order chi connectivity index (χ0) is 13.0. The lowest BCUT2D eigenvalue weighted by molar-refractivity contribution is 0.498. The van der Waals surface area contributed by atoms with Crippen molar-refractivity contribution in [1.29, 1.82) is 0 Å². The van der Waals surface area contributed by atoms with Crippen molar-refractivity contribution in [3.63, 3.8) is 0 Å². The first-order valence-corrected chi connectivity index (χ1v) is 5.80. The smallest absolute Gasteiger partial charge is 0.0132 e. The van der Waals surface area contributed by atoms with Gasteiger partial charge in [0.05, 0.1) is 0 Å². The van der Waals surface area contributed by atoms with Crippen molar-refractivity contribution in [2.75, 3.05) is 0 Å². The van der Waals surface area contributed by atoms with E-state index in [0.717, 1.165) is 0 Å². The lowest BCUT2D eigenvalue weighted by Gasteiger charge is -2.25. The Kier molecular flexibility index (Phi) is 4.99. The second kappa shape index (κ2) is 5.34. The summed E-state index contributed by atoms with van der Waals surface area (Å²) in [4.78, 5) is 0. The van der Waals surface area contributed by atoms with Crippen molar-refractivity contribution in [2.45, 2.75) is 41.5 Å². The minimum Gasteiger partial charge on any atom is -0.0991 e. The molecule has 0 heteroatoms. The molecular weight excluding hydrogens is 192 g/mol. The molecule has 0 bridgehead atoms. The molecule has 0 aliphatic heterocycles. The molecule has 0 amide bonds. The van der Waals surface area contributed by atoms with Gasteiger partial charge in [-0.1, -0.05) is 79.0 Å². The zero-order valence-electron chi connectivity index (χ0n) is 11.7. The molecule has 16 heavy (non-hydrogen) atoms. The van der Waals surface area contributed by atoms with Crippen LogP contribution in [-0.2, 0) is 0 Å². The van der Waals surface area contributed by atoms with Crippen molar-refractivity contribution in [3.8, 4) is 0 Å². The number of hydrogen-bond acceptors (Lipinski definition) is 0. The van der Waals surface area contributed by atoms with Crippen LogP contribution in [0, 0.1) is 10.8 Å². The van der Waals surface area contributed by atoms with Gasteiger partial charge in [0.2, 0.25) is 0 Å². The molecule has 0 radical (unpaired) electrons. The van der Waals surface area contributed by atoms with E-state index in [0.29, 0.717) is 0 Å². The molecule has 0 saturated heterocycles. The first kappa shape index (κ1) is 15.0. The van der Waals surface area contributed by atoms with Gasteiger partial charge in [0, 0.05) is 0 Å². The number of rotatable bonds is 3. The third-order valence-corrected chi connectivity index (χ3v) is 2.56. The maximum atomic E-state index is 3.90. The fourth-order valence-electron chi connectivity index (χ4n) is 1.39. The highest BCUT2D eigenvalue weighted by molar-refractivity contribution is 5.37. The van der Waals surface area contributed by atoms with Gasteiger partial charge in [-0.2, -0.15) is 0 Å². The highest BCUT2D eigenvalue weighted by Gasteiger charge is 2.19. The van der Waals surface area contributed by atoms with Crippen LogP contribution in [0.15, 0.2) is 48.6 Å². The van der Waals surface area contributed by atoms with E-state index in [9.17, 15) is 0 Å². The molecule has 0 aliphatic carbocycles. The molecule has 0 unspecified atom stereocenters. The fraction of sp³-hybridized carbons (Fsp3) is 0.500. The quantitative estimate of drug-likeness (QED) is 0.564. The van der Waals surface area contributed by atoms with Crippen LogP contribution in [-0.4, -0.2) is 0 Å². The normalized spacial score (nSPS) is 14.9. The molecule has 0 nitrogen and oxygen atoms in total. The molecule has 0 saturated carbocycles. The molecule has 0 N–H and O–H groups in total. The van der Waals surface area contributed by atoms with E-state index in [1.807, 2.05) is 12.2 Å². The van der Waals surface area contributed by atoms with Crippen LogP contribution in [0.2, 0.25) is 0 Å². The standard InChI is InChI=1S/C16H26/c1-9-11-14(16(6,7)8)12-13(10-2)15(3,4)5/h9-12H,1-2H2,3-8H3/b13-12+,14-11+. The van der Waals surface area contributed by atoms with Gasteiger partial charge in [-0.25, -0.2) is 0 Å². The molecule has 0 aromatic carbocycles. The van der Waals surface area contributed by atoms with Crippen molar-refractivity contribution in [2.24, 2.45) is 10.8 Å². The van der Waals surface area contributed by atoms with Crippen molar-refractivity contribution in [3.05, 3.63) is 48.6 Å². The molecule has 90 valence electrons. The van der Waals surface area contributed by atoms with E-state index in [4.69, 9.17) is 0 Å². The summed E-state index contributed by atoms with van der Waals surface area (Å²) in [6.07, 6.45) is 8.10. The van der Waals surface area contributed by atoms with Gasteiger partial charge < -0.3 is 0 Å². The van der Waals surface area contributed by atoms with Crippen LogP contribution in [0.1, 0.15) is 41.5 Å². The van der Waals surface area contributed by atoms with Crippen LogP contribution >= 0.6 is 0 Å². The van der Waals surface area contributed by atoms with E-state index in [1.165, 1.54) is 11.1 Å². The molecule has 0 aromatic rings. The Labute approximate surface area is 101 Å². The molecule has 0 fully saturated rings. The summed E-state index contributed by atoms with van der Waals surface area (Å²) >= 11 is 0. The van der Waals surface area contributed by atoms with E-state index >= 15 is 0 Å². The Morgan fingerprint density at radius 3 is 1.50 bits per heavy atom. The van der Waals surface area contributed by atoms with E-state index < -0.39 is 0 Å². The predicted molar refractivity (Wildman–Crippen MR) is 75.5 cm³/mol. The Hall–Kier alpha value is -1.04. The largest absolute Gasteiger partial charge is 0.0991 e. The zero-order valence-corrected chi connectivity index (χ0v) is 11.7. The molecule has 0 aliphatic rings. The van der Waals surface area contributed by atoms with Crippen LogP contribution < -0.4 is 0 Å². The minimum atomic E-state index is 0.132. The molecule has 0 rings (SSSR count). The molecular formula is C16H26. The predicted octanol–water partition coefficient (Wildman–Crippen LogP) is 5.30. The lowest BCUT2D eigenvalue weighted by atomic mass is 9.80. The Morgan fingerprint density at radius 1 is 0.812 bits per heavy atom. The van der Waals surface area contributed by atoms with E-state index in [-0.39, 0.29) is 10.8 Å². The van der Waals surface area contributed by atoms with Gasteiger partial charge in [0.15, 0.2) is 0 Å². The first-order chi connectivity index (χ1) is 7.12. The Morgan fingerprint density at radius 2 is 1.25 bits per heavy atom. The SMILES string of the molecule is C=C/C=C(\C=C(/C=C)C(C)(C)C)C(C)(C)C. The highest BCUT2D eigenvalue weighted by Crippen LogP contribution is 2.32. The van der Waals surface area contributed by atoms with Crippen molar-refractivity contribution < 1.29 is 0 Å². The fourth-order valence-corrected chi connectivity index (χ4v) is 1.39. The summed E-state index contributed by atoms with van der Waals surface area (Å²) in [6.45, 7) is 20.9. The first-order valence-electron chi connectivity index (χ1n) is 5.80. The summed E-state index contributed by atoms with van der Waals surface area (Å²) in [5.41, 5.74) is 2.81. The summed E-state index contributed by atoms with van der Waals surface area (Å²) in [6, 6.07) is 0. The van der Waals surface area contributed by atoms with Crippen LogP contribution in [0.3, 0.4) is 0 Å². The van der Waals surface area contributed by atoms with Crippen molar-refractivity contribution >= 4 is 0 Å². The maximum Gasteiger partial charge on any atom is -0.0132 e. The van der Waals surface area contributed by atoms with Gasteiger partial charge in [0.1, 0.15) is 0 Å². The maximum absolute atomic E-state index is 3.90. The Bertz CT molecular complexity index is 311. The third kappa shape index (κ3) is 4.65.